The average molecular weight is 209 g/mol. The van der Waals surface area contributed by atoms with Crippen molar-refractivity contribution in [3.05, 3.63) is 17.6 Å². The highest BCUT2D eigenvalue weighted by molar-refractivity contribution is 5.95. The average Bonchev–Trinajstić information content (AvgIpc) is 2.27. The molecule has 0 aliphatic heterocycles. The lowest BCUT2D eigenvalue weighted by atomic mass is 10.3. The van der Waals surface area contributed by atoms with E-state index >= 15 is 0 Å². The second-order valence-electron chi connectivity index (χ2n) is 3.26. The van der Waals surface area contributed by atoms with Crippen molar-refractivity contribution in [3.63, 3.8) is 0 Å². The van der Waals surface area contributed by atoms with E-state index in [2.05, 4.69) is 15.1 Å². The van der Waals surface area contributed by atoms with Crippen molar-refractivity contribution in [1.82, 2.24) is 9.97 Å². The molecule has 3 N–H and O–H groups in total. The molecule has 0 radical (unpaired) electrons. The number of aryl methyl sites for hydroxylation is 1. The number of nitrogens with zero attached hydrogens (tertiary/aromatic N) is 4. The van der Waals surface area contributed by atoms with E-state index in [9.17, 15) is 0 Å². The highest BCUT2D eigenvalue weighted by Gasteiger charge is 2.08. The minimum absolute atomic E-state index is 0.00444. The molecule has 0 unspecified atom stereocenters. The molecule has 0 fully saturated rings. The first-order valence-corrected chi connectivity index (χ1v) is 4.61. The first kappa shape index (κ1) is 11.2. The Morgan fingerprint density at radius 2 is 2.20 bits per heavy atom. The molecule has 0 atom stereocenters. The van der Waals surface area contributed by atoms with E-state index in [1.807, 2.05) is 25.9 Å². The first-order valence-electron chi connectivity index (χ1n) is 4.61. The third-order valence-electron chi connectivity index (χ3n) is 1.90. The van der Waals surface area contributed by atoms with Crippen LogP contribution in [0.1, 0.15) is 18.4 Å². The van der Waals surface area contributed by atoms with E-state index in [1.165, 1.54) is 0 Å². The fourth-order valence-corrected chi connectivity index (χ4v) is 1.05. The van der Waals surface area contributed by atoms with Crippen molar-refractivity contribution in [2.45, 2.75) is 13.3 Å². The molecule has 0 amide bonds. The monoisotopic (exact) mass is 209 g/mol. The first-order chi connectivity index (χ1) is 7.08. The van der Waals surface area contributed by atoms with Gasteiger partial charge in [0.25, 0.3) is 0 Å². The summed E-state index contributed by atoms with van der Waals surface area (Å²) in [5.74, 6) is 1.40. The van der Waals surface area contributed by atoms with E-state index in [1.54, 1.807) is 6.07 Å². The standard InChI is InChI=1S/C9H15N5O/c1-4-7-11-6(9(10)13-15)5-8(12-7)14(2)3/h5,15H,4H2,1-3H3,(H2,10,13). The molecule has 1 heterocycles. The van der Waals surface area contributed by atoms with Crippen LogP contribution in [0.25, 0.3) is 0 Å². The highest BCUT2D eigenvalue weighted by Crippen LogP contribution is 2.10. The zero-order valence-electron chi connectivity index (χ0n) is 9.10. The number of nitrogens with two attached hydrogens (primary N) is 1. The maximum absolute atomic E-state index is 8.57. The van der Waals surface area contributed by atoms with Crippen molar-refractivity contribution in [2.75, 3.05) is 19.0 Å². The van der Waals surface area contributed by atoms with Crippen LogP contribution in [0.5, 0.6) is 0 Å². The summed E-state index contributed by atoms with van der Waals surface area (Å²) in [6, 6.07) is 1.67. The Hall–Kier alpha value is -1.85. The molecular formula is C9H15N5O. The predicted octanol–water partition coefficient (Wildman–Crippen LogP) is 0.199. The van der Waals surface area contributed by atoms with Gasteiger partial charge < -0.3 is 15.8 Å². The molecule has 0 saturated heterocycles. The van der Waals surface area contributed by atoms with Gasteiger partial charge in [-0.15, -0.1) is 0 Å². The molecule has 0 aromatic carbocycles. The van der Waals surface area contributed by atoms with Crippen LogP contribution in [0.3, 0.4) is 0 Å². The van der Waals surface area contributed by atoms with Crippen LogP contribution in [0.15, 0.2) is 11.2 Å². The van der Waals surface area contributed by atoms with Crippen LogP contribution in [0.4, 0.5) is 5.82 Å². The Kier molecular flexibility index (Phi) is 3.43. The number of oxime groups is 1. The smallest absolute Gasteiger partial charge is 0.188 e. The molecule has 0 aliphatic carbocycles. The van der Waals surface area contributed by atoms with E-state index < -0.39 is 0 Å². The molecule has 6 nitrogen and oxygen atoms in total. The molecule has 15 heavy (non-hydrogen) atoms. The summed E-state index contributed by atoms with van der Waals surface area (Å²) in [4.78, 5) is 10.3. The summed E-state index contributed by atoms with van der Waals surface area (Å²) in [5.41, 5.74) is 5.92. The van der Waals surface area contributed by atoms with Crippen LogP contribution in [0.2, 0.25) is 0 Å². The maximum Gasteiger partial charge on any atom is 0.188 e. The summed E-state index contributed by atoms with van der Waals surface area (Å²) < 4.78 is 0. The molecule has 0 spiro atoms. The summed E-state index contributed by atoms with van der Waals surface area (Å²) in [5, 5.41) is 11.5. The van der Waals surface area contributed by atoms with E-state index in [-0.39, 0.29) is 5.84 Å². The summed E-state index contributed by atoms with van der Waals surface area (Å²) >= 11 is 0. The van der Waals surface area contributed by atoms with Gasteiger partial charge in [0, 0.05) is 26.6 Å². The third kappa shape index (κ3) is 2.55. The van der Waals surface area contributed by atoms with Gasteiger partial charge in [0.05, 0.1) is 0 Å². The number of hydrogen-bond acceptors (Lipinski definition) is 5. The minimum atomic E-state index is -0.00444. The van der Waals surface area contributed by atoms with Crippen LogP contribution in [0, 0.1) is 0 Å². The Morgan fingerprint density at radius 3 is 2.67 bits per heavy atom. The Morgan fingerprint density at radius 1 is 1.53 bits per heavy atom. The fourth-order valence-electron chi connectivity index (χ4n) is 1.05. The second kappa shape index (κ2) is 4.59. The molecule has 82 valence electrons. The van der Waals surface area contributed by atoms with Gasteiger partial charge >= 0.3 is 0 Å². The van der Waals surface area contributed by atoms with Gasteiger partial charge in [0.1, 0.15) is 17.3 Å². The molecular weight excluding hydrogens is 194 g/mol. The van der Waals surface area contributed by atoms with Crippen LogP contribution < -0.4 is 10.6 Å². The molecule has 1 aromatic rings. The quantitative estimate of drug-likeness (QED) is 0.321. The van der Waals surface area contributed by atoms with Crippen molar-refractivity contribution in [1.29, 1.82) is 0 Å². The van der Waals surface area contributed by atoms with Crippen molar-refractivity contribution < 1.29 is 5.21 Å². The molecule has 6 heteroatoms. The SMILES string of the molecule is CCc1nc(/C(N)=N\O)cc(N(C)C)n1. The second-order valence-corrected chi connectivity index (χ2v) is 3.26. The van der Waals surface area contributed by atoms with Gasteiger partial charge in [-0.3, -0.25) is 0 Å². The van der Waals surface area contributed by atoms with E-state index in [4.69, 9.17) is 10.9 Å². The number of rotatable bonds is 3. The number of amidine groups is 1. The van der Waals surface area contributed by atoms with Gasteiger partial charge in [-0.25, -0.2) is 9.97 Å². The van der Waals surface area contributed by atoms with Crippen LogP contribution in [-0.4, -0.2) is 35.1 Å². The highest BCUT2D eigenvalue weighted by atomic mass is 16.4. The Balaban J connectivity index is 3.23. The largest absolute Gasteiger partial charge is 0.409 e. The summed E-state index contributed by atoms with van der Waals surface area (Å²) in [7, 11) is 3.75. The third-order valence-corrected chi connectivity index (χ3v) is 1.90. The topological polar surface area (TPSA) is 87.6 Å². The number of anilines is 1. The Labute approximate surface area is 88.4 Å². The minimum Gasteiger partial charge on any atom is -0.409 e. The van der Waals surface area contributed by atoms with Gasteiger partial charge in [0.2, 0.25) is 0 Å². The summed E-state index contributed by atoms with van der Waals surface area (Å²) in [6.45, 7) is 1.95. The van der Waals surface area contributed by atoms with Crippen molar-refractivity contribution >= 4 is 11.7 Å². The van der Waals surface area contributed by atoms with Crippen molar-refractivity contribution in [2.24, 2.45) is 10.9 Å². The molecule has 0 aliphatic rings. The lowest BCUT2D eigenvalue weighted by molar-refractivity contribution is 0.318. The van der Waals surface area contributed by atoms with Gasteiger partial charge in [0.15, 0.2) is 5.84 Å². The summed E-state index contributed by atoms with van der Waals surface area (Å²) in [6.07, 6.45) is 0.702. The van der Waals surface area contributed by atoms with Crippen LogP contribution in [-0.2, 0) is 6.42 Å². The lowest BCUT2D eigenvalue weighted by Gasteiger charge is -2.13. The van der Waals surface area contributed by atoms with E-state index in [0.29, 0.717) is 17.9 Å². The van der Waals surface area contributed by atoms with Gasteiger partial charge in [-0.2, -0.15) is 0 Å². The molecule has 1 aromatic heterocycles. The van der Waals surface area contributed by atoms with Gasteiger partial charge in [-0.1, -0.05) is 12.1 Å². The van der Waals surface area contributed by atoms with Crippen LogP contribution >= 0.6 is 0 Å². The molecule has 1 rings (SSSR count). The number of hydrogen-bond donors (Lipinski definition) is 2. The molecule has 0 saturated carbocycles. The predicted molar refractivity (Wildman–Crippen MR) is 58.2 cm³/mol. The maximum atomic E-state index is 8.57. The lowest BCUT2D eigenvalue weighted by Crippen LogP contribution is -2.19. The zero-order valence-corrected chi connectivity index (χ0v) is 9.10. The van der Waals surface area contributed by atoms with Gasteiger partial charge in [-0.05, 0) is 0 Å². The van der Waals surface area contributed by atoms with E-state index in [0.717, 1.165) is 5.82 Å². The van der Waals surface area contributed by atoms with Crippen molar-refractivity contribution in [3.8, 4) is 0 Å². The molecule has 0 bridgehead atoms. The normalized spacial score (nSPS) is 11.5. The number of aromatic nitrogens is 2. The fraction of sp³-hybridized carbons (Fsp3) is 0.444. The Bertz CT molecular complexity index is 375. The zero-order chi connectivity index (χ0) is 11.4.